The van der Waals surface area contributed by atoms with Crippen LogP contribution in [0.3, 0.4) is 0 Å². The molecule has 2 aromatic heterocycles. The van der Waals surface area contributed by atoms with Gasteiger partial charge in [0, 0.05) is 41.5 Å². The molecule has 4 nitrogen and oxygen atoms in total. The smallest absolute Gasteiger partial charge is 0.160 e. The van der Waals surface area contributed by atoms with E-state index in [1.54, 1.807) is 7.11 Å². The Balaban J connectivity index is 2.10. The Bertz CT molecular complexity index is 670. The summed E-state index contributed by atoms with van der Waals surface area (Å²) in [5, 5.41) is 0. The van der Waals surface area contributed by atoms with Gasteiger partial charge in [0.15, 0.2) is 5.65 Å². The second-order valence-electron chi connectivity index (χ2n) is 6.13. The zero-order valence-corrected chi connectivity index (χ0v) is 14.8. The number of nitrogens with zero attached hydrogens (tertiary/aromatic N) is 3. The largest absolute Gasteiger partial charge is 0.381 e. The second-order valence-corrected chi connectivity index (χ2v) is 7.42. The predicted octanol–water partition coefficient (Wildman–Crippen LogP) is 3.96. The van der Waals surface area contributed by atoms with E-state index in [1.165, 1.54) is 0 Å². The van der Waals surface area contributed by atoms with Crippen LogP contribution in [0.5, 0.6) is 0 Å². The van der Waals surface area contributed by atoms with Gasteiger partial charge in [0.05, 0.1) is 6.10 Å². The number of methoxy groups -OCH3 is 1. The highest BCUT2D eigenvalue weighted by Crippen LogP contribution is 2.52. The maximum absolute atomic E-state index is 5.95. The molecule has 2 unspecified atom stereocenters. The summed E-state index contributed by atoms with van der Waals surface area (Å²) in [5.74, 6) is 1.57. The van der Waals surface area contributed by atoms with Gasteiger partial charge in [-0.25, -0.2) is 9.97 Å². The van der Waals surface area contributed by atoms with Gasteiger partial charge in [-0.15, -0.1) is 11.6 Å². The highest BCUT2D eigenvalue weighted by Gasteiger charge is 2.50. The van der Waals surface area contributed by atoms with Crippen molar-refractivity contribution < 1.29 is 4.74 Å². The van der Waals surface area contributed by atoms with E-state index in [0.29, 0.717) is 11.9 Å². The molecule has 0 radical (unpaired) electrons. The maximum atomic E-state index is 5.95. The summed E-state index contributed by atoms with van der Waals surface area (Å²) in [5.41, 5.74) is 1.92. The second kappa shape index (κ2) is 5.52. The average Bonchev–Trinajstić information content (AvgIpc) is 2.76. The highest BCUT2D eigenvalue weighted by atomic mass is 79.9. The van der Waals surface area contributed by atoms with Gasteiger partial charge in [0.1, 0.15) is 11.3 Å². The van der Waals surface area contributed by atoms with Gasteiger partial charge >= 0.3 is 0 Å². The Morgan fingerprint density at radius 1 is 1.52 bits per heavy atom. The van der Waals surface area contributed by atoms with Gasteiger partial charge in [-0.05, 0) is 28.4 Å². The van der Waals surface area contributed by atoms with Gasteiger partial charge in [0.25, 0.3) is 0 Å². The van der Waals surface area contributed by atoms with E-state index < -0.39 is 0 Å². The first kappa shape index (κ1) is 15.3. The van der Waals surface area contributed by atoms with E-state index in [2.05, 4.69) is 39.3 Å². The predicted molar refractivity (Wildman–Crippen MR) is 87.9 cm³/mol. The molecule has 1 aliphatic rings. The molecule has 0 spiro atoms. The van der Waals surface area contributed by atoms with Crippen LogP contribution in [0.4, 0.5) is 0 Å². The number of halogens is 2. The first-order valence-electron chi connectivity index (χ1n) is 7.10. The van der Waals surface area contributed by atoms with E-state index in [1.807, 2.05) is 12.3 Å². The van der Waals surface area contributed by atoms with Gasteiger partial charge in [-0.3, -0.25) is 0 Å². The SMILES string of the molecule is COC1CC(n2c(CCCl)nc3cc(Br)cnc32)C1(C)C. The number of alkyl halides is 1. The van der Waals surface area contributed by atoms with E-state index >= 15 is 0 Å². The summed E-state index contributed by atoms with van der Waals surface area (Å²) in [6.45, 7) is 4.48. The minimum Gasteiger partial charge on any atom is -0.381 e. The van der Waals surface area contributed by atoms with E-state index in [9.17, 15) is 0 Å². The standard InChI is InChI=1S/C15H19BrClN3O/c1-15(2)11(7-12(15)21-3)20-13(4-5-17)19-10-6-9(16)8-18-14(10)20/h6,8,11-12H,4-5,7H2,1-3H3. The topological polar surface area (TPSA) is 39.9 Å². The Hall–Kier alpha value is -0.650. The van der Waals surface area contributed by atoms with Crippen molar-refractivity contribution in [3.05, 3.63) is 22.6 Å². The summed E-state index contributed by atoms with van der Waals surface area (Å²) in [7, 11) is 1.78. The van der Waals surface area contributed by atoms with Gasteiger partial charge < -0.3 is 9.30 Å². The van der Waals surface area contributed by atoms with Gasteiger partial charge in [0.2, 0.25) is 0 Å². The Morgan fingerprint density at radius 3 is 2.90 bits per heavy atom. The molecule has 0 bridgehead atoms. The van der Waals surface area contributed by atoms with E-state index in [-0.39, 0.29) is 11.5 Å². The first-order chi connectivity index (χ1) is 9.98. The molecular formula is C15H19BrClN3O. The van der Waals surface area contributed by atoms with Gasteiger partial charge in [-0.1, -0.05) is 13.8 Å². The molecule has 6 heteroatoms. The minimum atomic E-state index is 0.0677. The average molecular weight is 373 g/mol. The number of fused-ring (bicyclic) bond motifs is 1. The lowest BCUT2D eigenvalue weighted by atomic mass is 9.64. The van der Waals surface area contributed by atoms with Crippen LogP contribution in [0, 0.1) is 5.41 Å². The molecule has 1 aliphatic carbocycles. The molecule has 1 fully saturated rings. The Morgan fingerprint density at radius 2 is 2.29 bits per heavy atom. The molecule has 1 saturated carbocycles. The van der Waals surface area contributed by atoms with Crippen molar-refractivity contribution in [3.63, 3.8) is 0 Å². The van der Waals surface area contributed by atoms with Crippen molar-refractivity contribution in [2.45, 2.75) is 38.8 Å². The molecule has 2 aromatic rings. The quantitative estimate of drug-likeness (QED) is 0.763. The molecule has 114 valence electrons. The fourth-order valence-electron chi connectivity index (χ4n) is 3.30. The summed E-state index contributed by atoms with van der Waals surface area (Å²) in [6.07, 6.45) is 3.84. The monoisotopic (exact) mass is 371 g/mol. The van der Waals surface area contributed by atoms with Gasteiger partial charge in [-0.2, -0.15) is 0 Å². The lowest BCUT2D eigenvalue weighted by Gasteiger charge is -2.51. The third-order valence-corrected chi connectivity index (χ3v) is 5.23. The molecule has 2 atom stereocenters. The highest BCUT2D eigenvalue weighted by molar-refractivity contribution is 9.10. The molecule has 0 amide bonds. The Labute approximate surface area is 138 Å². The summed E-state index contributed by atoms with van der Waals surface area (Å²) in [6, 6.07) is 2.36. The fourth-order valence-corrected chi connectivity index (χ4v) is 3.78. The van der Waals surface area contributed by atoms with Crippen molar-refractivity contribution in [2.75, 3.05) is 13.0 Å². The van der Waals surface area contributed by atoms with Crippen molar-refractivity contribution in [3.8, 4) is 0 Å². The van der Waals surface area contributed by atoms with Crippen LogP contribution in [0.1, 0.15) is 32.1 Å². The number of rotatable bonds is 4. The molecule has 2 heterocycles. The van der Waals surface area contributed by atoms with Crippen LogP contribution in [-0.2, 0) is 11.2 Å². The molecule has 0 aliphatic heterocycles. The summed E-state index contributed by atoms with van der Waals surface area (Å²) >= 11 is 9.41. The fraction of sp³-hybridized carbons (Fsp3) is 0.600. The number of hydrogen-bond donors (Lipinski definition) is 0. The van der Waals surface area contributed by atoms with E-state index in [0.717, 1.165) is 34.3 Å². The summed E-state index contributed by atoms with van der Waals surface area (Å²) < 4.78 is 8.78. The zero-order valence-electron chi connectivity index (χ0n) is 12.4. The van der Waals surface area contributed by atoms with E-state index in [4.69, 9.17) is 21.3 Å². The van der Waals surface area contributed by atoms with Crippen molar-refractivity contribution in [1.82, 2.24) is 14.5 Å². The number of aryl methyl sites for hydroxylation is 1. The third-order valence-electron chi connectivity index (χ3n) is 4.61. The normalized spacial score (nSPS) is 24.2. The lowest BCUT2D eigenvalue weighted by molar-refractivity contribution is -0.112. The van der Waals surface area contributed by atoms with Crippen LogP contribution in [0.25, 0.3) is 11.2 Å². The number of hydrogen-bond acceptors (Lipinski definition) is 3. The zero-order chi connectivity index (χ0) is 15.2. The minimum absolute atomic E-state index is 0.0677. The number of aromatic nitrogens is 3. The van der Waals surface area contributed by atoms with Crippen molar-refractivity contribution in [1.29, 1.82) is 0 Å². The van der Waals surface area contributed by atoms with Crippen molar-refractivity contribution in [2.24, 2.45) is 5.41 Å². The van der Waals surface area contributed by atoms with Crippen molar-refractivity contribution >= 4 is 38.7 Å². The van der Waals surface area contributed by atoms with Crippen LogP contribution < -0.4 is 0 Å². The lowest BCUT2D eigenvalue weighted by Crippen LogP contribution is -2.51. The number of pyridine rings is 1. The van der Waals surface area contributed by atoms with Crippen LogP contribution in [-0.4, -0.2) is 33.6 Å². The molecule has 0 saturated heterocycles. The van der Waals surface area contributed by atoms with Crippen LogP contribution in [0.2, 0.25) is 0 Å². The first-order valence-corrected chi connectivity index (χ1v) is 8.43. The molecule has 21 heavy (non-hydrogen) atoms. The molecule has 0 aromatic carbocycles. The summed E-state index contributed by atoms with van der Waals surface area (Å²) in [4.78, 5) is 9.30. The Kier molecular flexibility index (Phi) is 4.01. The number of ether oxygens (including phenoxy) is 1. The molecular weight excluding hydrogens is 354 g/mol. The van der Waals surface area contributed by atoms with Crippen LogP contribution >= 0.6 is 27.5 Å². The molecule has 3 rings (SSSR count). The maximum Gasteiger partial charge on any atom is 0.160 e. The number of imidazole rings is 1. The molecule has 0 N–H and O–H groups in total. The van der Waals surface area contributed by atoms with Crippen LogP contribution in [0.15, 0.2) is 16.7 Å². The third kappa shape index (κ3) is 2.39.